The average molecular weight is 343 g/mol. The lowest BCUT2D eigenvalue weighted by Crippen LogP contribution is -2.30. The van der Waals surface area contributed by atoms with E-state index in [1.807, 2.05) is 48.5 Å². The molecule has 0 radical (unpaired) electrons. The van der Waals surface area contributed by atoms with E-state index < -0.39 is 5.91 Å². The van der Waals surface area contributed by atoms with Crippen molar-refractivity contribution in [3.63, 3.8) is 0 Å². The van der Waals surface area contributed by atoms with Gasteiger partial charge in [-0.1, -0.05) is 35.9 Å². The SMILES string of the molecule is NNC(=O)c1cc(-c2cccc(OCc3ccc(Cl)cc3)c2)n[nH]1. The number of nitrogen functional groups attached to an aromatic ring is 1. The van der Waals surface area contributed by atoms with Gasteiger partial charge in [-0.25, -0.2) is 5.84 Å². The molecule has 0 saturated heterocycles. The molecule has 2 aromatic carbocycles. The highest BCUT2D eigenvalue weighted by Crippen LogP contribution is 2.23. The van der Waals surface area contributed by atoms with Crippen LogP contribution in [-0.2, 0) is 6.61 Å². The van der Waals surface area contributed by atoms with Crippen LogP contribution in [0.5, 0.6) is 5.75 Å². The number of ether oxygens (including phenoxy) is 1. The Hall–Kier alpha value is -2.83. The summed E-state index contributed by atoms with van der Waals surface area (Å²) in [5.74, 6) is 5.38. The number of hydrazine groups is 1. The molecule has 0 aliphatic heterocycles. The summed E-state index contributed by atoms with van der Waals surface area (Å²) in [5, 5.41) is 7.45. The zero-order valence-electron chi connectivity index (χ0n) is 12.6. The number of aromatic nitrogens is 2. The molecule has 0 atom stereocenters. The van der Waals surface area contributed by atoms with E-state index in [2.05, 4.69) is 15.6 Å². The maximum Gasteiger partial charge on any atom is 0.283 e. The second kappa shape index (κ2) is 7.16. The van der Waals surface area contributed by atoms with Crippen LogP contribution in [0, 0.1) is 0 Å². The fourth-order valence-electron chi connectivity index (χ4n) is 2.16. The minimum absolute atomic E-state index is 0.292. The van der Waals surface area contributed by atoms with Gasteiger partial charge < -0.3 is 4.74 Å². The summed E-state index contributed by atoms with van der Waals surface area (Å²) in [6.07, 6.45) is 0. The lowest BCUT2D eigenvalue weighted by molar-refractivity contribution is 0.0948. The second-order valence-electron chi connectivity index (χ2n) is 5.08. The van der Waals surface area contributed by atoms with Gasteiger partial charge in [-0.05, 0) is 35.9 Å². The van der Waals surface area contributed by atoms with Crippen LogP contribution in [0.25, 0.3) is 11.3 Å². The topological polar surface area (TPSA) is 93.0 Å². The lowest BCUT2D eigenvalue weighted by atomic mass is 10.1. The predicted octanol–water partition coefficient (Wildman–Crippen LogP) is 2.91. The van der Waals surface area contributed by atoms with Crippen molar-refractivity contribution in [2.75, 3.05) is 0 Å². The Kier molecular flexibility index (Phi) is 4.79. The number of nitrogens with two attached hydrogens (primary N) is 1. The van der Waals surface area contributed by atoms with E-state index in [4.69, 9.17) is 22.2 Å². The van der Waals surface area contributed by atoms with E-state index >= 15 is 0 Å². The third kappa shape index (κ3) is 3.73. The van der Waals surface area contributed by atoms with Gasteiger partial charge in [0.05, 0.1) is 5.69 Å². The number of aromatic amines is 1. The first-order chi connectivity index (χ1) is 11.7. The van der Waals surface area contributed by atoms with Gasteiger partial charge in [0.15, 0.2) is 0 Å². The summed E-state index contributed by atoms with van der Waals surface area (Å²) >= 11 is 5.87. The van der Waals surface area contributed by atoms with Gasteiger partial charge in [-0.3, -0.25) is 15.3 Å². The number of benzene rings is 2. The van der Waals surface area contributed by atoms with E-state index in [9.17, 15) is 4.79 Å². The van der Waals surface area contributed by atoms with Crippen LogP contribution in [-0.4, -0.2) is 16.1 Å². The third-order valence-electron chi connectivity index (χ3n) is 3.40. The third-order valence-corrected chi connectivity index (χ3v) is 3.65. The number of rotatable bonds is 5. The number of carbonyl (C=O) groups is 1. The van der Waals surface area contributed by atoms with Crippen molar-refractivity contribution in [1.82, 2.24) is 15.6 Å². The molecule has 1 aromatic heterocycles. The number of halogens is 1. The number of nitrogens with one attached hydrogen (secondary N) is 2. The molecule has 0 spiro atoms. The van der Waals surface area contributed by atoms with Crippen LogP contribution in [0.4, 0.5) is 0 Å². The van der Waals surface area contributed by atoms with Crippen LogP contribution >= 0.6 is 11.6 Å². The Morgan fingerprint density at radius 2 is 2.00 bits per heavy atom. The van der Waals surface area contributed by atoms with Gasteiger partial charge in [0.2, 0.25) is 0 Å². The molecule has 1 amide bonds. The quantitative estimate of drug-likeness (QED) is 0.377. The van der Waals surface area contributed by atoms with Gasteiger partial charge in [0, 0.05) is 10.6 Å². The smallest absolute Gasteiger partial charge is 0.283 e. The standard InChI is InChI=1S/C17H15ClN4O2/c18-13-6-4-11(5-7-13)10-24-14-3-1-2-12(8-14)15-9-16(22-21-15)17(23)20-19/h1-9H,10,19H2,(H,20,23)(H,21,22). The highest BCUT2D eigenvalue weighted by atomic mass is 35.5. The van der Waals surface area contributed by atoms with E-state index in [1.165, 1.54) is 0 Å². The fourth-order valence-corrected chi connectivity index (χ4v) is 2.28. The number of carbonyl (C=O) groups excluding carboxylic acids is 1. The Morgan fingerprint density at radius 3 is 2.75 bits per heavy atom. The molecular weight excluding hydrogens is 328 g/mol. The van der Waals surface area contributed by atoms with E-state index in [-0.39, 0.29) is 0 Å². The van der Waals surface area contributed by atoms with Crippen LogP contribution < -0.4 is 16.0 Å². The van der Waals surface area contributed by atoms with Crippen molar-refractivity contribution in [3.8, 4) is 17.0 Å². The molecule has 122 valence electrons. The van der Waals surface area contributed by atoms with Crippen molar-refractivity contribution in [2.45, 2.75) is 6.61 Å². The molecule has 0 aliphatic rings. The highest BCUT2D eigenvalue weighted by molar-refractivity contribution is 6.30. The molecule has 0 aliphatic carbocycles. The summed E-state index contributed by atoms with van der Waals surface area (Å²) in [7, 11) is 0. The molecule has 6 nitrogen and oxygen atoms in total. The van der Waals surface area contributed by atoms with Crippen molar-refractivity contribution in [1.29, 1.82) is 0 Å². The molecule has 3 rings (SSSR count). The molecule has 7 heteroatoms. The molecule has 0 saturated carbocycles. The van der Waals surface area contributed by atoms with Crippen molar-refractivity contribution in [2.24, 2.45) is 5.84 Å². The van der Waals surface area contributed by atoms with Crippen molar-refractivity contribution < 1.29 is 9.53 Å². The first kappa shape index (κ1) is 16.0. The fraction of sp³-hybridized carbons (Fsp3) is 0.0588. The molecular formula is C17H15ClN4O2. The molecule has 0 fully saturated rings. The van der Waals surface area contributed by atoms with E-state index in [1.54, 1.807) is 6.07 Å². The second-order valence-corrected chi connectivity index (χ2v) is 5.52. The van der Waals surface area contributed by atoms with Crippen molar-refractivity contribution >= 4 is 17.5 Å². The number of nitrogens with zero attached hydrogens (tertiary/aromatic N) is 1. The van der Waals surface area contributed by atoms with Crippen LogP contribution in [0.1, 0.15) is 16.1 Å². The van der Waals surface area contributed by atoms with Crippen LogP contribution in [0.15, 0.2) is 54.6 Å². The highest BCUT2D eigenvalue weighted by Gasteiger charge is 2.10. The van der Waals surface area contributed by atoms with Gasteiger partial charge in [0.25, 0.3) is 5.91 Å². The van der Waals surface area contributed by atoms with Crippen molar-refractivity contribution in [3.05, 3.63) is 70.9 Å². The summed E-state index contributed by atoms with van der Waals surface area (Å²) in [6.45, 7) is 0.433. The van der Waals surface area contributed by atoms with Gasteiger partial charge >= 0.3 is 0 Å². The monoisotopic (exact) mass is 342 g/mol. The number of hydrogen-bond acceptors (Lipinski definition) is 4. The summed E-state index contributed by atoms with van der Waals surface area (Å²) in [4.78, 5) is 11.5. The maximum atomic E-state index is 11.5. The Bertz CT molecular complexity index is 846. The van der Waals surface area contributed by atoms with Gasteiger partial charge in [0.1, 0.15) is 18.1 Å². The first-order valence-corrected chi connectivity index (χ1v) is 7.57. The summed E-state index contributed by atoms with van der Waals surface area (Å²) in [5.41, 5.74) is 4.83. The summed E-state index contributed by atoms with van der Waals surface area (Å²) < 4.78 is 5.79. The Balaban J connectivity index is 1.73. The van der Waals surface area contributed by atoms with Crippen LogP contribution in [0.2, 0.25) is 5.02 Å². The average Bonchev–Trinajstić information content (AvgIpc) is 3.11. The Labute approximate surface area is 143 Å². The molecule has 1 heterocycles. The molecule has 3 aromatic rings. The van der Waals surface area contributed by atoms with Gasteiger partial charge in [-0.2, -0.15) is 5.10 Å². The molecule has 0 bridgehead atoms. The number of amides is 1. The van der Waals surface area contributed by atoms with Crippen LogP contribution in [0.3, 0.4) is 0 Å². The number of hydrogen-bond donors (Lipinski definition) is 3. The minimum atomic E-state index is -0.427. The lowest BCUT2D eigenvalue weighted by Gasteiger charge is -2.07. The maximum absolute atomic E-state index is 11.5. The number of H-pyrrole nitrogens is 1. The zero-order chi connectivity index (χ0) is 16.9. The summed E-state index contributed by atoms with van der Waals surface area (Å²) in [6, 6.07) is 16.6. The molecule has 24 heavy (non-hydrogen) atoms. The van der Waals surface area contributed by atoms with Gasteiger partial charge in [-0.15, -0.1) is 0 Å². The minimum Gasteiger partial charge on any atom is -0.489 e. The van der Waals surface area contributed by atoms with E-state index in [0.29, 0.717) is 28.8 Å². The van der Waals surface area contributed by atoms with E-state index in [0.717, 1.165) is 11.1 Å². The first-order valence-electron chi connectivity index (χ1n) is 7.20. The molecule has 0 unspecified atom stereocenters. The normalized spacial score (nSPS) is 10.4. The zero-order valence-corrected chi connectivity index (χ0v) is 13.4. The largest absolute Gasteiger partial charge is 0.489 e. The molecule has 4 N–H and O–H groups in total. The Morgan fingerprint density at radius 1 is 1.21 bits per heavy atom. The predicted molar refractivity (Wildman–Crippen MR) is 91.5 cm³/mol.